The molecule has 0 aliphatic heterocycles. The van der Waals surface area contributed by atoms with Crippen molar-refractivity contribution in [2.24, 2.45) is 7.05 Å². The average molecular weight is 174 g/mol. The first-order valence-electron chi connectivity index (χ1n) is 3.64. The molecule has 0 amide bonds. The highest BCUT2D eigenvalue weighted by Crippen LogP contribution is 2.23. The van der Waals surface area contributed by atoms with Crippen LogP contribution in [0.15, 0.2) is 17.2 Å². The van der Waals surface area contributed by atoms with Crippen LogP contribution in [0.5, 0.6) is 0 Å². The number of hydrogen-bond acceptors (Lipinski definition) is 2. The summed E-state index contributed by atoms with van der Waals surface area (Å²) in [5.74, 6) is 0. The molecule has 2 aromatic heterocycles. The number of aromatic amines is 1. The van der Waals surface area contributed by atoms with E-state index in [2.05, 4.69) is 15.0 Å². The number of aromatic nitrogens is 3. The normalized spacial score (nSPS) is 10.2. The Labute approximate surface area is 73.4 Å². The Kier molecular flexibility index (Phi) is 1.43. The second kappa shape index (κ2) is 2.45. The zero-order valence-electron chi connectivity index (χ0n) is 6.90. The van der Waals surface area contributed by atoms with E-state index >= 15 is 0 Å². The molecular formula is C8H6N4O. The Bertz CT molecular complexity index is 558. The second-order valence-corrected chi connectivity index (χ2v) is 2.70. The van der Waals surface area contributed by atoms with E-state index in [9.17, 15) is 4.79 Å². The van der Waals surface area contributed by atoms with Crippen LogP contribution in [0.4, 0.5) is 5.69 Å². The molecule has 0 radical (unpaired) electrons. The highest BCUT2D eigenvalue weighted by Gasteiger charge is 2.08. The van der Waals surface area contributed by atoms with E-state index in [0.717, 1.165) is 0 Å². The van der Waals surface area contributed by atoms with Crippen molar-refractivity contribution in [3.05, 3.63) is 34.2 Å². The van der Waals surface area contributed by atoms with Crippen molar-refractivity contribution < 1.29 is 0 Å². The molecule has 0 spiro atoms. The molecule has 0 fully saturated rings. The molecule has 0 bridgehead atoms. The van der Waals surface area contributed by atoms with E-state index in [1.807, 2.05) is 0 Å². The number of fused-ring (bicyclic) bond motifs is 1. The number of aryl methyl sites for hydroxylation is 1. The lowest BCUT2D eigenvalue weighted by Crippen LogP contribution is -2.09. The van der Waals surface area contributed by atoms with Crippen molar-refractivity contribution in [1.29, 1.82) is 0 Å². The lowest BCUT2D eigenvalue weighted by atomic mass is 10.3. The quantitative estimate of drug-likeness (QED) is 0.601. The summed E-state index contributed by atoms with van der Waals surface area (Å²) in [7, 11) is 1.73. The molecule has 2 aromatic rings. The Balaban J connectivity index is 3.07. The van der Waals surface area contributed by atoms with Gasteiger partial charge in [0.1, 0.15) is 5.52 Å². The largest absolute Gasteiger partial charge is 0.357 e. The van der Waals surface area contributed by atoms with Gasteiger partial charge < -0.3 is 4.57 Å². The molecule has 5 nitrogen and oxygen atoms in total. The predicted molar refractivity (Wildman–Crippen MR) is 47.6 cm³/mol. The van der Waals surface area contributed by atoms with Gasteiger partial charge in [-0.05, 0) is 0 Å². The molecule has 0 unspecified atom stereocenters. The molecule has 0 aromatic carbocycles. The molecule has 2 heterocycles. The van der Waals surface area contributed by atoms with Gasteiger partial charge in [-0.1, -0.05) is 0 Å². The third kappa shape index (κ3) is 0.924. The number of nitrogens with one attached hydrogen (secondary N) is 1. The van der Waals surface area contributed by atoms with Crippen LogP contribution < -0.4 is 5.56 Å². The van der Waals surface area contributed by atoms with Crippen molar-refractivity contribution in [2.75, 3.05) is 0 Å². The fraction of sp³-hybridized carbons (Fsp3) is 0.125. The van der Waals surface area contributed by atoms with E-state index in [-0.39, 0.29) is 5.56 Å². The summed E-state index contributed by atoms with van der Waals surface area (Å²) in [6, 6.07) is 0. The number of H-pyrrole nitrogens is 1. The molecule has 0 atom stereocenters. The minimum atomic E-state index is -0.269. The van der Waals surface area contributed by atoms with Crippen LogP contribution in [0.1, 0.15) is 0 Å². The van der Waals surface area contributed by atoms with Gasteiger partial charge in [-0.3, -0.25) is 4.79 Å². The molecule has 0 aliphatic carbocycles. The summed E-state index contributed by atoms with van der Waals surface area (Å²) < 4.78 is 1.63. The van der Waals surface area contributed by atoms with Gasteiger partial charge in [0.25, 0.3) is 5.56 Å². The fourth-order valence-corrected chi connectivity index (χ4v) is 1.34. The number of hydrogen-bond donors (Lipinski definition) is 1. The van der Waals surface area contributed by atoms with Gasteiger partial charge >= 0.3 is 0 Å². The first-order chi connectivity index (χ1) is 6.24. The number of rotatable bonds is 0. The maximum absolute atomic E-state index is 11.3. The topological polar surface area (TPSA) is 55.0 Å². The molecule has 5 heteroatoms. The van der Waals surface area contributed by atoms with Gasteiger partial charge in [-0.25, -0.2) is 9.94 Å². The molecule has 0 saturated carbocycles. The Morgan fingerprint density at radius 2 is 2.46 bits per heavy atom. The van der Waals surface area contributed by atoms with Crippen LogP contribution in [0, 0.1) is 6.57 Å². The van der Waals surface area contributed by atoms with Crippen molar-refractivity contribution in [3.63, 3.8) is 0 Å². The third-order valence-electron chi connectivity index (χ3n) is 1.89. The molecule has 0 saturated heterocycles. The van der Waals surface area contributed by atoms with E-state index < -0.39 is 0 Å². The fourth-order valence-electron chi connectivity index (χ4n) is 1.34. The minimum Gasteiger partial charge on any atom is -0.357 e. The minimum absolute atomic E-state index is 0.269. The lowest BCUT2D eigenvalue weighted by molar-refractivity contribution is 0.935. The zero-order chi connectivity index (χ0) is 9.42. The van der Waals surface area contributed by atoms with E-state index in [4.69, 9.17) is 6.57 Å². The Hall–Kier alpha value is -2.09. The lowest BCUT2D eigenvalue weighted by Gasteiger charge is -1.91. The standard InChI is InChI=1S/C8H6N4O/c1-9-6-4-12(2)7-5(6)3-10-11-8(7)13/h3-4H,2H3,(H,11,13). The first-order valence-corrected chi connectivity index (χ1v) is 3.64. The highest BCUT2D eigenvalue weighted by molar-refractivity contribution is 5.91. The third-order valence-corrected chi connectivity index (χ3v) is 1.89. The predicted octanol–water partition coefficient (Wildman–Crippen LogP) is 0.812. The van der Waals surface area contributed by atoms with Crippen molar-refractivity contribution >= 4 is 16.6 Å². The molecule has 2 rings (SSSR count). The monoisotopic (exact) mass is 174 g/mol. The Morgan fingerprint density at radius 3 is 3.15 bits per heavy atom. The summed E-state index contributed by atoms with van der Waals surface area (Å²) in [5.41, 5.74) is 0.673. The van der Waals surface area contributed by atoms with Crippen LogP contribution in [0.2, 0.25) is 0 Å². The van der Waals surface area contributed by atoms with E-state index in [1.165, 1.54) is 6.20 Å². The summed E-state index contributed by atoms with van der Waals surface area (Å²) >= 11 is 0. The number of nitrogens with zero attached hydrogens (tertiary/aromatic N) is 3. The van der Waals surface area contributed by atoms with Crippen molar-refractivity contribution in [1.82, 2.24) is 14.8 Å². The first kappa shape index (κ1) is 7.55. The zero-order valence-corrected chi connectivity index (χ0v) is 6.90. The van der Waals surface area contributed by atoms with Crippen LogP contribution in [-0.4, -0.2) is 14.8 Å². The summed E-state index contributed by atoms with van der Waals surface area (Å²) in [6.45, 7) is 6.88. The van der Waals surface area contributed by atoms with E-state index in [0.29, 0.717) is 16.6 Å². The summed E-state index contributed by atoms with van der Waals surface area (Å²) in [6.07, 6.45) is 3.11. The van der Waals surface area contributed by atoms with Crippen molar-refractivity contribution in [3.8, 4) is 0 Å². The average Bonchev–Trinajstić information content (AvgIpc) is 2.44. The maximum atomic E-state index is 11.3. The van der Waals surface area contributed by atoms with Gasteiger partial charge in [0.15, 0.2) is 0 Å². The van der Waals surface area contributed by atoms with Crippen LogP contribution in [0.3, 0.4) is 0 Å². The molecular weight excluding hydrogens is 168 g/mol. The Morgan fingerprint density at radius 1 is 1.69 bits per heavy atom. The van der Waals surface area contributed by atoms with Crippen LogP contribution in [-0.2, 0) is 7.05 Å². The second-order valence-electron chi connectivity index (χ2n) is 2.70. The highest BCUT2D eigenvalue weighted by atomic mass is 16.1. The van der Waals surface area contributed by atoms with Gasteiger partial charge in [0.2, 0.25) is 5.69 Å². The van der Waals surface area contributed by atoms with Crippen molar-refractivity contribution in [2.45, 2.75) is 0 Å². The van der Waals surface area contributed by atoms with Crippen LogP contribution in [0.25, 0.3) is 15.7 Å². The smallest absolute Gasteiger partial charge is 0.287 e. The SMILES string of the molecule is [C-]#[N+]c1cn(C)c2c(=O)[nH]ncc12. The van der Waals surface area contributed by atoms with Gasteiger partial charge in [-0.2, -0.15) is 5.10 Å². The summed E-state index contributed by atoms with van der Waals surface area (Å²) in [4.78, 5) is 14.6. The molecule has 13 heavy (non-hydrogen) atoms. The van der Waals surface area contributed by atoms with Gasteiger partial charge in [0.05, 0.1) is 6.57 Å². The maximum Gasteiger partial charge on any atom is 0.287 e. The van der Waals surface area contributed by atoms with E-state index in [1.54, 1.807) is 17.8 Å². The molecule has 64 valence electrons. The van der Waals surface area contributed by atoms with Gasteiger partial charge in [0, 0.05) is 24.8 Å². The molecule has 0 aliphatic rings. The molecule has 1 N–H and O–H groups in total. The van der Waals surface area contributed by atoms with Gasteiger partial charge in [-0.15, -0.1) is 0 Å². The van der Waals surface area contributed by atoms with Crippen LogP contribution >= 0.6 is 0 Å². The summed E-state index contributed by atoms with van der Waals surface area (Å²) in [5, 5.41) is 6.56.